The molecule has 0 fully saturated rings. The predicted molar refractivity (Wildman–Crippen MR) is 157 cm³/mol. The van der Waals surface area contributed by atoms with Crippen molar-refractivity contribution in [2.45, 2.75) is 51.1 Å². The molecule has 246 valence electrons. The largest absolute Gasteiger partial charge is 0.387 e. The van der Waals surface area contributed by atoms with Gasteiger partial charge in [-0.2, -0.15) is 0 Å². The van der Waals surface area contributed by atoms with Crippen LogP contribution in [-0.4, -0.2) is 171 Å². The molecule has 0 radical (unpaired) electrons. The third kappa shape index (κ3) is 17.5. The van der Waals surface area contributed by atoms with Crippen LogP contribution in [0.5, 0.6) is 0 Å². The maximum Gasteiger partial charge on any atom is 0.252 e. The highest BCUT2D eigenvalue weighted by Gasteiger charge is 2.37. The van der Waals surface area contributed by atoms with Crippen LogP contribution in [-0.2, 0) is 19.2 Å². The molecule has 0 aromatic heterocycles. The first-order chi connectivity index (χ1) is 20.0. The van der Waals surface area contributed by atoms with Crippen molar-refractivity contribution in [2.24, 2.45) is 0 Å². The zero-order valence-electron chi connectivity index (χ0n) is 25.5. The minimum atomic E-state index is -2.25. The second-order valence-corrected chi connectivity index (χ2v) is 9.90. The number of nitrogens with zero attached hydrogens (tertiary/aromatic N) is 2. The number of hydrogen-bond acceptors (Lipinski definition) is 12. The standard InChI is InChI=1S/C26H54N8O8/c1-5-11-33(13-7-27-3)15-9-29-19(35)17-31-25(41)23(39)21(37)22(38)24(40)26(42)32-18-20(36)30-10-16-34(12-6-2)14-8-28-4/h21-24,27-28,37-40H,5-18H2,1-4H3,(H,29,35)(H,30,36)(H,31,41)(H,32,42)/t21-,22-,23-,24+/m0/s1. The van der Waals surface area contributed by atoms with E-state index in [1.165, 1.54) is 0 Å². The van der Waals surface area contributed by atoms with Gasteiger partial charge in [0.05, 0.1) is 13.1 Å². The van der Waals surface area contributed by atoms with Crippen LogP contribution in [0.15, 0.2) is 0 Å². The van der Waals surface area contributed by atoms with Crippen molar-refractivity contribution >= 4 is 23.6 Å². The lowest BCUT2D eigenvalue weighted by Crippen LogP contribution is -2.55. The van der Waals surface area contributed by atoms with Crippen molar-refractivity contribution in [3.05, 3.63) is 0 Å². The van der Waals surface area contributed by atoms with Gasteiger partial charge in [-0.3, -0.25) is 19.2 Å². The fourth-order valence-electron chi connectivity index (χ4n) is 3.90. The first kappa shape index (κ1) is 39.6. The van der Waals surface area contributed by atoms with E-state index in [-0.39, 0.29) is 0 Å². The van der Waals surface area contributed by atoms with Gasteiger partial charge < -0.3 is 62.1 Å². The highest BCUT2D eigenvalue weighted by molar-refractivity contribution is 5.88. The zero-order valence-corrected chi connectivity index (χ0v) is 25.5. The van der Waals surface area contributed by atoms with Crippen LogP contribution in [0.2, 0.25) is 0 Å². The van der Waals surface area contributed by atoms with Gasteiger partial charge in [-0.05, 0) is 40.0 Å². The smallest absolute Gasteiger partial charge is 0.252 e. The quantitative estimate of drug-likeness (QED) is 0.0470. The van der Waals surface area contributed by atoms with Gasteiger partial charge in [0.25, 0.3) is 11.8 Å². The lowest BCUT2D eigenvalue weighted by Gasteiger charge is -2.25. The van der Waals surface area contributed by atoms with Gasteiger partial charge in [0.15, 0.2) is 12.2 Å². The number of aliphatic hydroxyl groups excluding tert-OH is 4. The maximum absolute atomic E-state index is 12.2. The number of likely N-dealkylation sites (N-methyl/N-ethyl adjacent to an activating group) is 2. The topological polar surface area (TPSA) is 228 Å². The van der Waals surface area contributed by atoms with Crippen LogP contribution in [0.25, 0.3) is 0 Å². The minimum Gasteiger partial charge on any atom is -0.387 e. The van der Waals surface area contributed by atoms with Gasteiger partial charge in [-0.1, -0.05) is 13.8 Å². The molecular formula is C26H54N8O8. The lowest BCUT2D eigenvalue weighted by atomic mass is 10.0. The second kappa shape index (κ2) is 24.0. The number of nitrogens with one attached hydrogen (secondary N) is 6. The molecule has 0 rings (SSSR count). The molecule has 0 spiro atoms. The Hall–Kier alpha value is -2.44. The van der Waals surface area contributed by atoms with Crippen molar-refractivity contribution in [2.75, 3.05) is 92.6 Å². The normalized spacial score (nSPS) is 14.2. The third-order valence-corrected chi connectivity index (χ3v) is 6.32. The van der Waals surface area contributed by atoms with E-state index in [4.69, 9.17) is 0 Å². The molecule has 0 saturated carbocycles. The summed E-state index contributed by atoms with van der Waals surface area (Å²) in [6, 6.07) is 0. The summed E-state index contributed by atoms with van der Waals surface area (Å²) >= 11 is 0. The Labute approximate surface area is 249 Å². The molecule has 0 aliphatic carbocycles. The Bertz CT molecular complexity index is 717. The molecule has 16 heteroatoms. The van der Waals surface area contributed by atoms with Crippen molar-refractivity contribution < 1.29 is 39.6 Å². The molecule has 0 heterocycles. The van der Waals surface area contributed by atoms with Crippen LogP contribution >= 0.6 is 0 Å². The van der Waals surface area contributed by atoms with Gasteiger partial charge in [-0.25, -0.2) is 0 Å². The zero-order chi connectivity index (χ0) is 31.9. The number of carbonyl (C=O) groups excluding carboxylic acids is 4. The molecule has 0 aliphatic rings. The molecule has 0 saturated heterocycles. The van der Waals surface area contributed by atoms with Crippen LogP contribution < -0.4 is 31.9 Å². The number of aliphatic hydroxyl groups is 4. The van der Waals surface area contributed by atoms with Gasteiger partial charge in [-0.15, -0.1) is 0 Å². The second-order valence-electron chi connectivity index (χ2n) is 9.90. The van der Waals surface area contributed by atoms with Crippen LogP contribution in [0.3, 0.4) is 0 Å². The number of amides is 4. The fourth-order valence-corrected chi connectivity index (χ4v) is 3.90. The molecule has 42 heavy (non-hydrogen) atoms. The van der Waals surface area contributed by atoms with Gasteiger partial charge in [0.2, 0.25) is 11.8 Å². The molecule has 4 atom stereocenters. The van der Waals surface area contributed by atoms with Crippen molar-refractivity contribution in [3.8, 4) is 0 Å². The first-order valence-electron chi connectivity index (χ1n) is 14.6. The highest BCUT2D eigenvalue weighted by atomic mass is 16.4. The monoisotopic (exact) mass is 606 g/mol. The van der Waals surface area contributed by atoms with Crippen LogP contribution in [0.1, 0.15) is 26.7 Å². The average Bonchev–Trinajstić information content (AvgIpc) is 2.98. The van der Waals surface area contributed by atoms with Gasteiger partial charge in [0, 0.05) is 52.4 Å². The molecule has 0 aromatic carbocycles. The van der Waals surface area contributed by atoms with E-state index in [0.717, 1.165) is 52.1 Å². The maximum atomic E-state index is 12.2. The Kier molecular flexibility index (Phi) is 22.7. The SMILES string of the molecule is CCCN(CCNC)CCNC(=O)CNC(=O)[C@@H](O)[C@@H](O)[C@H](O)[C@@H](O)C(=O)NCC(=O)NCCN(CCC)CCNC. The Morgan fingerprint density at radius 1 is 0.548 bits per heavy atom. The number of carbonyl (C=O) groups is 4. The molecule has 16 nitrogen and oxygen atoms in total. The minimum absolute atomic E-state index is 0.343. The average molecular weight is 607 g/mol. The lowest BCUT2D eigenvalue weighted by molar-refractivity contribution is -0.155. The highest BCUT2D eigenvalue weighted by Crippen LogP contribution is 2.06. The van der Waals surface area contributed by atoms with E-state index in [9.17, 15) is 39.6 Å². The van der Waals surface area contributed by atoms with E-state index in [1.54, 1.807) is 0 Å². The summed E-state index contributed by atoms with van der Waals surface area (Å²) in [6.07, 6.45) is -7.06. The van der Waals surface area contributed by atoms with E-state index < -0.39 is 61.1 Å². The van der Waals surface area contributed by atoms with E-state index in [2.05, 4.69) is 55.5 Å². The summed E-state index contributed by atoms with van der Waals surface area (Å²) in [5, 5.41) is 56.0. The molecule has 4 amide bonds. The predicted octanol–water partition coefficient (Wildman–Crippen LogP) is -5.24. The van der Waals surface area contributed by atoms with E-state index >= 15 is 0 Å². The number of hydrogen-bond donors (Lipinski definition) is 10. The van der Waals surface area contributed by atoms with Gasteiger partial charge >= 0.3 is 0 Å². The van der Waals surface area contributed by atoms with E-state index in [0.29, 0.717) is 26.2 Å². The molecule has 10 N–H and O–H groups in total. The molecular weight excluding hydrogens is 552 g/mol. The van der Waals surface area contributed by atoms with Crippen molar-refractivity contribution in [3.63, 3.8) is 0 Å². The fraction of sp³-hybridized carbons (Fsp3) is 0.846. The van der Waals surface area contributed by atoms with Gasteiger partial charge in [0.1, 0.15) is 12.2 Å². The number of rotatable bonds is 25. The Morgan fingerprint density at radius 2 is 0.881 bits per heavy atom. The Morgan fingerprint density at radius 3 is 1.19 bits per heavy atom. The summed E-state index contributed by atoms with van der Waals surface area (Å²) in [6.45, 7) is 10.0. The molecule has 0 aromatic rings. The van der Waals surface area contributed by atoms with E-state index in [1.807, 2.05) is 14.1 Å². The summed E-state index contributed by atoms with van der Waals surface area (Å²) in [7, 11) is 3.71. The summed E-state index contributed by atoms with van der Waals surface area (Å²) in [4.78, 5) is 52.7. The third-order valence-electron chi connectivity index (χ3n) is 6.32. The molecule has 0 aliphatic heterocycles. The van der Waals surface area contributed by atoms with Crippen molar-refractivity contribution in [1.29, 1.82) is 0 Å². The summed E-state index contributed by atoms with van der Waals surface area (Å²) in [5.74, 6) is -3.41. The van der Waals surface area contributed by atoms with Crippen LogP contribution in [0.4, 0.5) is 0 Å². The van der Waals surface area contributed by atoms with Crippen LogP contribution in [0, 0.1) is 0 Å². The Balaban J connectivity index is 4.48. The molecule has 0 bridgehead atoms. The summed E-state index contributed by atoms with van der Waals surface area (Å²) < 4.78 is 0. The molecule has 0 unspecified atom stereocenters. The summed E-state index contributed by atoms with van der Waals surface area (Å²) in [5.41, 5.74) is 0. The first-order valence-corrected chi connectivity index (χ1v) is 14.6. The van der Waals surface area contributed by atoms with Crippen molar-refractivity contribution in [1.82, 2.24) is 41.7 Å².